The molecule has 0 bridgehead atoms. The third kappa shape index (κ3) is 69.2. The smallest absolute Gasteiger partial charge is 0.306 e. The van der Waals surface area contributed by atoms with Gasteiger partial charge in [0.2, 0.25) is 0 Å². The maximum Gasteiger partial charge on any atom is 0.306 e. The Morgan fingerprint density at radius 1 is 0.274 bits per heavy atom. The second-order valence-corrected chi connectivity index (χ2v) is 21.8. The summed E-state index contributed by atoms with van der Waals surface area (Å²) in [6.45, 7) is 3.90. The number of aliphatic hydroxyl groups is 1. The molecule has 0 rings (SSSR count). The van der Waals surface area contributed by atoms with E-state index < -0.39 is 6.10 Å². The molecule has 0 aromatic rings. The van der Waals surface area contributed by atoms with Crippen LogP contribution in [0.3, 0.4) is 0 Å². The van der Waals surface area contributed by atoms with E-state index in [1.165, 1.54) is 96.3 Å². The van der Waals surface area contributed by atoms with E-state index in [1.807, 2.05) is 0 Å². The minimum atomic E-state index is -0.794. The van der Waals surface area contributed by atoms with E-state index in [9.17, 15) is 14.7 Å². The molecule has 0 fully saturated rings. The SMILES string of the molecule is CC/C=C\C/C=C\C/C=C\C/C=C\C/C=C\C/C=C\C/C=C\C/C=C\CCCCCCCCCCCCCCCCC(=O)OC(CO)COC(=O)CCCCCCCC/C=C\C/C=C\C/C=C\C/C=C\C/C=C\C/C=C\C/C=C\C/C=C\CC. The number of unbranched alkanes of at least 4 members (excludes halogenated alkanes) is 20. The lowest BCUT2D eigenvalue weighted by Crippen LogP contribution is -2.28. The van der Waals surface area contributed by atoms with Crippen LogP contribution in [0.15, 0.2) is 194 Å². The van der Waals surface area contributed by atoms with Crippen molar-refractivity contribution in [2.24, 2.45) is 0 Å². The zero-order chi connectivity index (χ0) is 60.5. The number of allylic oxidation sites excluding steroid dienone is 32. The highest BCUT2D eigenvalue weighted by Crippen LogP contribution is 2.15. The number of aliphatic hydroxyl groups excluding tert-OH is 1. The molecule has 1 unspecified atom stereocenters. The molecule has 0 aliphatic carbocycles. The van der Waals surface area contributed by atoms with Crippen LogP contribution in [-0.2, 0) is 19.1 Å². The van der Waals surface area contributed by atoms with Gasteiger partial charge in [0.25, 0.3) is 0 Å². The molecule has 0 aromatic carbocycles. The summed E-state index contributed by atoms with van der Waals surface area (Å²) in [5.41, 5.74) is 0. The van der Waals surface area contributed by atoms with Gasteiger partial charge in [-0.1, -0.05) is 311 Å². The molecule has 0 saturated heterocycles. The summed E-state index contributed by atoms with van der Waals surface area (Å²) in [6, 6.07) is 0. The van der Waals surface area contributed by atoms with E-state index in [1.54, 1.807) is 0 Å². The first kappa shape index (κ1) is 78.7. The van der Waals surface area contributed by atoms with Crippen molar-refractivity contribution < 1.29 is 24.2 Å². The van der Waals surface area contributed by atoms with Crippen molar-refractivity contribution in [3.05, 3.63) is 194 Å². The lowest BCUT2D eigenvalue weighted by Gasteiger charge is -2.15. The average molecular weight is 1150 g/mol. The van der Waals surface area contributed by atoms with E-state index >= 15 is 0 Å². The van der Waals surface area contributed by atoms with Gasteiger partial charge in [0.15, 0.2) is 6.10 Å². The first-order chi connectivity index (χ1) is 41.6. The van der Waals surface area contributed by atoms with Crippen LogP contribution in [-0.4, -0.2) is 36.4 Å². The van der Waals surface area contributed by atoms with Crippen molar-refractivity contribution in [2.45, 2.75) is 277 Å². The standard InChI is InChI=1S/C79H124O5/c1-3-5-7-9-11-13-15-17-19-21-23-25-27-29-31-33-35-36-37-38-39-40-41-42-44-46-48-50-52-54-56-58-60-62-64-66-68-70-72-74-79(82)84-77(75-80)76-83-78(81)73-71-69-67-65-63-61-59-57-55-53-51-49-47-45-43-34-32-30-28-26-24-22-20-18-16-14-12-10-8-6-4-2/h5-8,11-14,17-20,23-26,29-32,35-36,38-39,41-43,45,49,51,55,57,77,80H,3-4,9-10,15-16,21-22,27-28,33-34,37,40,44,46-48,50,52-54,56,58-76H2,1-2H3/b7-5-,8-6-,13-11-,14-12-,19-17-,20-18-,25-23-,26-24-,31-29-,32-30-,36-35-,39-38-,42-41-,45-43-,51-49-,57-55-. The Morgan fingerprint density at radius 3 is 0.714 bits per heavy atom. The quantitative estimate of drug-likeness (QED) is 0.0373. The average Bonchev–Trinajstić information content (AvgIpc) is 3.51. The van der Waals surface area contributed by atoms with Gasteiger partial charge in [-0.05, 0) is 141 Å². The van der Waals surface area contributed by atoms with Crippen molar-refractivity contribution in [1.82, 2.24) is 0 Å². The molecule has 0 heterocycles. The van der Waals surface area contributed by atoms with Crippen LogP contribution in [0.1, 0.15) is 271 Å². The Balaban J connectivity index is 3.58. The number of hydrogen-bond acceptors (Lipinski definition) is 5. The highest BCUT2D eigenvalue weighted by atomic mass is 16.6. The van der Waals surface area contributed by atoms with Gasteiger partial charge < -0.3 is 14.6 Å². The number of hydrogen-bond donors (Lipinski definition) is 1. The van der Waals surface area contributed by atoms with Gasteiger partial charge in [0.1, 0.15) is 6.61 Å². The molecular formula is C79H124O5. The maximum absolute atomic E-state index is 12.4. The number of esters is 2. The molecule has 0 saturated carbocycles. The van der Waals surface area contributed by atoms with Crippen LogP contribution in [0, 0.1) is 0 Å². The first-order valence-corrected chi connectivity index (χ1v) is 34.0. The van der Waals surface area contributed by atoms with Gasteiger partial charge in [-0.2, -0.15) is 0 Å². The summed E-state index contributed by atoms with van der Waals surface area (Å²) in [4.78, 5) is 24.6. The van der Waals surface area contributed by atoms with Crippen molar-refractivity contribution in [2.75, 3.05) is 13.2 Å². The molecule has 0 amide bonds. The summed E-state index contributed by atoms with van der Waals surface area (Å²) in [5, 5.41) is 9.70. The molecule has 84 heavy (non-hydrogen) atoms. The predicted octanol–water partition coefficient (Wildman–Crippen LogP) is 24.0. The van der Waals surface area contributed by atoms with Crippen LogP contribution < -0.4 is 0 Å². The Labute approximate surface area is 518 Å². The zero-order valence-electron chi connectivity index (χ0n) is 53.8. The molecule has 0 aliphatic heterocycles. The second kappa shape index (κ2) is 72.0. The van der Waals surface area contributed by atoms with Gasteiger partial charge >= 0.3 is 11.9 Å². The van der Waals surface area contributed by atoms with Gasteiger partial charge in [0, 0.05) is 12.8 Å². The van der Waals surface area contributed by atoms with Gasteiger partial charge in [0.05, 0.1) is 6.61 Å². The molecule has 1 N–H and O–H groups in total. The number of rotatable bonds is 60. The molecule has 5 heteroatoms. The van der Waals surface area contributed by atoms with Crippen LogP contribution >= 0.6 is 0 Å². The van der Waals surface area contributed by atoms with E-state index in [4.69, 9.17) is 9.47 Å². The van der Waals surface area contributed by atoms with Gasteiger partial charge in [-0.25, -0.2) is 0 Å². The molecule has 470 valence electrons. The van der Waals surface area contributed by atoms with E-state index in [2.05, 4.69) is 208 Å². The normalized spacial score (nSPS) is 13.5. The number of carbonyl (C=O) groups is 2. The fraction of sp³-hybridized carbons (Fsp3) is 0.570. The van der Waals surface area contributed by atoms with E-state index in [0.29, 0.717) is 12.8 Å². The minimum Gasteiger partial charge on any atom is -0.462 e. The molecular weight excluding hydrogens is 1030 g/mol. The molecule has 0 aliphatic rings. The molecule has 0 radical (unpaired) electrons. The van der Waals surface area contributed by atoms with Crippen molar-refractivity contribution in [1.29, 1.82) is 0 Å². The lowest BCUT2D eigenvalue weighted by atomic mass is 10.0. The van der Waals surface area contributed by atoms with E-state index in [-0.39, 0.29) is 25.2 Å². The highest BCUT2D eigenvalue weighted by Gasteiger charge is 2.16. The van der Waals surface area contributed by atoms with Crippen LogP contribution in [0.25, 0.3) is 0 Å². The number of ether oxygens (including phenoxy) is 2. The van der Waals surface area contributed by atoms with Gasteiger partial charge in [-0.3, -0.25) is 9.59 Å². The summed E-state index contributed by atoms with van der Waals surface area (Å²) in [7, 11) is 0. The van der Waals surface area contributed by atoms with E-state index in [0.717, 1.165) is 148 Å². The summed E-state index contributed by atoms with van der Waals surface area (Å²) in [6.07, 6.45) is 114. The second-order valence-electron chi connectivity index (χ2n) is 21.8. The Kier molecular flexibility index (Phi) is 67.5. The number of carbonyl (C=O) groups excluding carboxylic acids is 2. The third-order valence-corrected chi connectivity index (χ3v) is 13.9. The molecule has 0 spiro atoms. The maximum atomic E-state index is 12.4. The minimum absolute atomic E-state index is 0.0849. The first-order valence-electron chi connectivity index (χ1n) is 34.0. The van der Waals surface area contributed by atoms with Crippen molar-refractivity contribution in [3.63, 3.8) is 0 Å². The topological polar surface area (TPSA) is 72.8 Å². The van der Waals surface area contributed by atoms with Gasteiger partial charge in [-0.15, -0.1) is 0 Å². The predicted molar refractivity (Wildman–Crippen MR) is 370 cm³/mol. The largest absolute Gasteiger partial charge is 0.462 e. The molecule has 1 atom stereocenters. The van der Waals surface area contributed by atoms with Crippen molar-refractivity contribution >= 4 is 11.9 Å². The molecule has 0 aromatic heterocycles. The third-order valence-electron chi connectivity index (χ3n) is 13.9. The summed E-state index contributed by atoms with van der Waals surface area (Å²) in [5.74, 6) is -0.617. The van der Waals surface area contributed by atoms with Crippen molar-refractivity contribution in [3.8, 4) is 0 Å². The summed E-state index contributed by atoms with van der Waals surface area (Å²) >= 11 is 0. The zero-order valence-corrected chi connectivity index (χ0v) is 53.8. The summed E-state index contributed by atoms with van der Waals surface area (Å²) < 4.78 is 10.7. The van der Waals surface area contributed by atoms with Crippen LogP contribution in [0.2, 0.25) is 0 Å². The fourth-order valence-electron chi connectivity index (χ4n) is 8.88. The lowest BCUT2D eigenvalue weighted by molar-refractivity contribution is -0.161. The fourth-order valence-corrected chi connectivity index (χ4v) is 8.88. The Hall–Kier alpha value is -5.26. The van der Waals surface area contributed by atoms with Crippen LogP contribution in [0.5, 0.6) is 0 Å². The Bertz CT molecular complexity index is 1930. The monoisotopic (exact) mass is 1150 g/mol. The Morgan fingerprint density at radius 2 is 0.476 bits per heavy atom. The van der Waals surface area contributed by atoms with Crippen LogP contribution in [0.4, 0.5) is 0 Å². The molecule has 5 nitrogen and oxygen atoms in total. The highest BCUT2D eigenvalue weighted by molar-refractivity contribution is 5.70.